The van der Waals surface area contributed by atoms with Crippen LogP contribution in [0.5, 0.6) is 0 Å². The van der Waals surface area contributed by atoms with Crippen molar-refractivity contribution >= 4 is 23.9 Å². The maximum atomic E-state index is 10.5. The van der Waals surface area contributed by atoms with E-state index < -0.39 is 5.41 Å². The van der Waals surface area contributed by atoms with Gasteiger partial charge in [-0.25, -0.2) is 0 Å². The highest BCUT2D eigenvalue weighted by Gasteiger charge is 2.73. The van der Waals surface area contributed by atoms with Crippen molar-refractivity contribution in [3.63, 3.8) is 0 Å². The van der Waals surface area contributed by atoms with E-state index in [-0.39, 0.29) is 66.0 Å². The van der Waals surface area contributed by atoms with Gasteiger partial charge in [-0.05, 0) is 234 Å². The van der Waals surface area contributed by atoms with Gasteiger partial charge in [0.2, 0.25) is 0 Å². The smallest absolute Gasteiger partial charge is 0.0655 e. The SMILES string of the molecule is C.C.C=C(C)[C@@H]1CC[C@]2(/C=N/O)CC[C@]3(C)[C@H](CC[C@@H]4[C@@]5(C)CC/C(=N/O)[C@](C)(CO)[C@@H]5CC[C@]43C)[C@@H]12.C=C(C)[C@@H]1CC[C@]2(C=N)CC[C@]3(C)[C@H](CC[C@@H]4[C@@]5(C)CCC(=N)[C@](C)(CO)[C@@H]5CC[C@]43C)[C@@H]12. The summed E-state index contributed by atoms with van der Waals surface area (Å²) < 4.78 is 0. The minimum Gasteiger partial charge on any atom is -0.411 e. The van der Waals surface area contributed by atoms with Crippen LogP contribution in [0.2, 0.25) is 0 Å². The predicted molar refractivity (Wildman–Crippen MR) is 290 cm³/mol. The second-order valence-corrected chi connectivity index (χ2v) is 28.4. The van der Waals surface area contributed by atoms with Crippen LogP contribution in [0.3, 0.4) is 0 Å². The number of nitrogens with one attached hydrogen (secondary N) is 2. The van der Waals surface area contributed by atoms with Gasteiger partial charge in [0.05, 0.1) is 25.1 Å². The van der Waals surface area contributed by atoms with Gasteiger partial charge in [0.15, 0.2) is 0 Å². The van der Waals surface area contributed by atoms with Gasteiger partial charge in [0.25, 0.3) is 0 Å². The summed E-state index contributed by atoms with van der Waals surface area (Å²) in [6, 6.07) is 0. The van der Waals surface area contributed by atoms with Gasteiger partial charge in [0, 0.05) is 33.6 Å². The highest BCUT2D eigenvalue weighted by molar-refractivity contribution is 5.91. The van der Waals surface area contributed by atoms with Crippen molar-refractivity contribution in [1.29, 1.82) is 10.8 Å². The maximum Gasteiger partial charge on any atom is 0.0655 e. The minimum absolute atomic E-state index is 0. The molecule has 20 atom stereocenters. The van der Waals surface area contributed by atoms with Crippen molar-refractivity contribution in [2.45, 2.75) is 213 Å². The first kappa shape index (κ1) is 55.4. The van der Waals surface area contributed by atoms with E-state index in [4.69, 9.17) is 10.8 Å². The lowest BCUT2D eigenvalue weighted by molar-refractivity contribution is -0.225. The van der Waals surface area contributed by atoms with Gasteiger partial charge in [0.1, 0.15) is 0 Å². The van der Waals surface area contributed by atoms with Crippen molar-refractivity contribution in [2.75, 3.05) is 13.2 Å². The fourth-order valence-electron chi connectivity index (χ4n) is 22.8. The van der Waals surface area contributed by atoms with E-state index in [1.165, 1.54) is 81.8 Å². The third-order valence-corrected chi connectivity index (χ3v) is 26.9. The molecule has 0 spiro atoms. The molecule has 6 N–H and O–H groups in total. The molecule has 0 aromatic carbocycles. The highest BCUT2D eigenvalue weighted by Crippen LogP contribution is 2.79. The molecule has 70 heavy (non-hydrogen) atoms. The Bertz CT molecular complexity index is 2120. The van der Waals surface area contributed by atoms with Gasteiger partial charge in [-0.15, -0.1) is 5.16 Å². The summed E-state index contributed by atoms with van der Waals surface area (Å²) in [6.45, 7) is 33.3. The van der Waals surface area contributed by atoms with Crippen LogP contribution in [0.15, 0.2) is 34.6 Å². The quantitative estimate of drug-likeness (QED) is 0.0679. The summed E-state index contributed by atoms with van der Waals surface area (Å²) in [6.07, 6.45) is 26.7. The molecule has 0 aromatic heterocycles. The normalized spacial score (nSPS) is 53.6. The number of oxime groups is 2. The number of hydrogen-bond acceptors (Lipinski definition) is 8. The Morgan fingerprint density at radius 3 is 1.44 bits per heavy atom. The van der Waals surface area contributed by atoms with Gasteiger partial charge < -0.3 is 31.4 Å². The molecule has 0 bridgehead atoms. The van der Waals surface area contributed by atoms with E-state index in [1.54, 1.807) is 0 Å². The van der Waals surface area contributed by atoms with Crippen molar-refractivity contribution in [3.05, 3.63) is 24.3 Å². The third kappa shape index (κ3) is 6.96. The first-order chi connectivity index (χ1) is 31.9. The summed E-state index contributed by atoms with van der Waals surface area (Å²) in [4.78, 5) is 0. The third-order valence-electron chi connectivity index (χ3n) is 26.9. The standard InChI is InChI=1S/C30H48N2O3.C30H48N2O.2CH4/c1-19(2)20-9-14-30(17-31-34)16-15-28(5)21(25(20)30)7-8-23-26(3)12-11-24(32-35)27(4,18-33)22(26)10-13-29(23,28)6;1-19(2)20-9-14-30(17-31)16-15-28(5)21(25(20)30)7-8-23-26(3)12-11-24(32)27(4,18-33)22(26)10-13-29(23,28)6;;/h17,20-23,25,33-35H,1,7-16,18H2,2-6H3;17,20-23,25,31-33H,1,7-16,18H2,2-6H3;2*1H4/b31-17+,32-24-;;;/t2*20-,21+,22+,23+,25+,26-,27+,28+,29+,30+;;/m00../s1. The predicted octanol–water partition coefficient (Wildman–Crippen LogP) is 15.5. The van der Waals surface area contributed by atoms with Gasteiger partial charge in [-0.3, -0.25) is 0 Å². The number of nitrogens with zero attached hydrogens (tertiary/aromatic N) is 2. The van der Waals surface area contributed by atoms with Crippen LogP contribution in [0, 0.1) is 124 Å². The fraction of sp³-hybridized carbons (Fsp3) is 0.871. The molecule has 0 unspecified atom stereocenters. The molecule has 8 heteroatoms. The van der Waals surface area contributed by atoms with Gasteiger partial charge in [-0.1, -0.05) is 99.7 Å². The lowest BCUT2D eigenvalue weighted by Crippen LogP contribution is -2.67. The Labute approximate surface area is 427 Å². The Morgan fingerprint density at radius 1 is 0.557 bits per heavy atom. The zero-order valence-electron chi connectivity index (χ0n) is 44.6. The van der Waals surface area contributed by atoms with E-state index in [2.05, 4.69) is 92.7 Å². The molecule has 10 aliphatic carbocycles. The molecule has 0 aliphatic heterocycles. The summed E-state index contributed by atoms with van der Waals surface area (Å²) in [5.41, 5.74) is 5.00. The monoisotopic (exact) mass is 969 g/mol. The van der Waals surface area contributed by atoms with Crippen molar-refractivity contribution < 1.29 is 20.6 Å². The number of rotatable bonds is 6. The molecule has 10 fully saturated rings. The zero-order valence-corrected chi connectivity index (χ0v) is 44.6. The Balaban J connectivity index is 0.000000201. The number of aliphatic hydroxyl groups is 2. The molecule has 8 nitrogen and oxygen atoms in total. The van der Waals surface area contributed by atoms with E-state index in [0.717, 1.165) is 69.2 Å². The van der Waals surface area contributed by atoms with Crippen LogP contribution >= 0.6 is 0 Å². The molecule has 10 rings (SSSR count). The van der Waals surface area contributed by atoms with E-state index in [9.17, 15) is 20.6 Å². The molecule has 10 aliphatic rings. The number of fused-ring (bicyclic) bond motifs is 14. The van der Waals surface area contributed by atoms with Crippen LogP contribution in [0.1, 0.15) is 213 Å². The fourth-order valence-corrected chi connectivity index (χ4v) is 22.8. The minimum atomic E-state index is -0.434. The van der Waals surface area contributed by atoms with Crippen LogP contribution < -0.4 is 0 Å². The van der Waals surface area contributed by atoms with Crippen LogP contribution in [0.25, 0.3) is 0 Å². The Hall–Kier alpha value is -2.32. The van der Waals surface area contributed by atoms with Gasteiger partial charge >= 0.3 is 0 Å². The molecule has 0 heterocycles. The van der Waals surface area contributed by atoms with Crippen LogP contribution in [0.4, 0.5) is 0 Å². The highest BCUT2D eigenvalue weighted by atomic mass is 16.4. The van der Waals surface area contributed by atoms with Crippen molar-refractivity contribution in [3.8, 4) is 0 Å². The van der Waals surface area contributed by atoms with E-state index in [1.807, 2.05) is 12.4 Å². The number of hydrogen-bond donors (Lipinski definition) is 6. The number of aliphatic hydroxyl groups excluding tert-OH is 2. The molecule has 396 valence electrons. The molecule has 0 radical (unpaired) electrons. The van der Waals surface area contributed by atoms with Crippen LogP contribution in [-0.4, -0.2) is 57.7 Å². The molecular weight excluding hydrogens is 865 g/mol. The van der Waals surface area contributed by atoms with E-state index >= 15 is 0 Å². The summed E-state index contributed by atoms with van der Waals surface area (Å²) in [5.74, 6) is 5.54. The summed E-state index contributed by atoms with van der Waals surface area (Å²) in [7, 11) is 0. The molecule has 10 saturated carbocycles. The molecular formula is C62H104N4O4. The topological polar surface area (TPSA) is 153 Å². The maximum absolute atomic E-state index is 10.5. The summed E-state index contributed by atoms with van der Waals surface area (Å²) >= 11 is 0. The molecule has 0 saturated heterocycles. The van der Waals surface area contributed by atoms with Crippen LogP contribution in [-0.2, 0) is 0 Å². The second-order valence-electron chi connectivity index (χ2n) is 28.4. The summed E-state index contributed by atoms with van der Waals surface area (Å²) in [5, 5.41) is 64.9. The zero-order chi connectivity index (χ0) is 49.5. The first-order valence-electron chi connectivity index (χ1n) is 27.9. The molecule has 0 aromatic rings. The average Bonchev–Trinajstić information content (AvgIpc) is 3.89. The first-order valence-corrected chi connectivity index (χ1v) is 27.9. The molecule has 0 amide bonds. The number of allylic oxidation sites excluding steroid dienone is 2. The lowest BCUT2D eigenvalue weighted by Gasteiger charge is -2.72. The van der Waals surface area contributed by atoms with Crippen molar-refractivity contribution in [1.82, 2.24) is 0 Å². The van der Waals surface area contributed by atoms with Crippen molar-refractivity contribution in [2.24, 2.45) is 124 Å². The Kier molecular flexibility index (Phi) is 14.4. The Morgan fingerprint density at radius 2 is 1.00 bits per heavy atom. The average molecular weight is 970 g/mol. The van der Waals surface area contributed by atoms with Gasteiger partial charge in [-0.2, -0.15) is 0 Å². The lowest BCUT2D eigenvalue weighted by atomic mass is 9.32. The largest absolute Gasteiger partial charge is 0.411 e. The second kappa shape index (κ2) is 18.2. The van der Waals surface area contributed by atoms with E-state index in [0.29, 0.717) is 70.0 Å².